The van der Waals surface area contributed by atoms with Crippen LogP contribution in [0.3, 0.4) is 0 Å². The van der Waals surface area contributed by atoms with E-state index >= 15 is 0 Å². The van der Waals surface area contributed by atoms with E-state index in [1.165, 1.54) is 0 Å². The van der Waals surface area contributed by atoms with Crippen molar-refractivity contribution in [2.24, 2.45) is 5.92 Å². The van der Waals surface area contributed by atoms with Crippen molar-refractivity contribution in [2.75, 3.05) is 26.7 Å². The zero-order chi connectivity index (χ0) is 24.9. The first-order valence-electron chi connectivity index (χ1n) is 11.5. The van der Waals surface area contributed by atoms with Crippen molar-refractivity contribution in [1.82, 2.24) is 19.8 Å². The Kier molecular flexibility index (Phi) is 8.26. The average Bonchev–Trinajstić information content (AvgIpc) is 2.79. The third-order valence-electron chi connectivity index (χ3n) is 5.68. The number of fused-ring (bicyclic) bond motifs is 1. The number of aliphatic hydroxyl groups is 2. The highest BCUT2D eigenvalue weighted by Gasteiger charge is 2.34. The van der Waals surface area contributed by atoms with Crippen molar-refractivity contribution < 1.29 is 19.7 Å². The fraction of sp³-hybridized carbons (Fsp3) is 0.500. The largest absolute Gasteiger partial charge is 0.472 e. The van der Waals surface area contributed by atoms with Crippen LogP contribution in [0, 0.1) is 17.8 Å². The third-order valence-corrected chi connectivity index (χ3v) is 5.68. The van der Waals surface area contributed by atoms with Gasteiger partial charge >= 0.3 is 0 Å². The Bertz CT molecular complexity index is 1040. The van der Waals surface area contributed by atoms with Crippen LogP contribution in [0.2, 0.25) is 0 Å². The quantitative estimate of drug-likeness (QED) is 0.628. The molecule has 0 saturated heterocycles. The highest BCUT2D eigenvalue weighted by molar-refractivity contribution is 5.97. The Balaban J connectivity index is 1.92. The molecule has 8 nitrogen and oxygen atoms in total. The Morgan fingerprint density at radius 3 is 2.76 bits per heavy atom. The SMILES string of the molecule is C[C@H](CO)N1C[C@H](C)[C@H](CN(C)Cc2ccccn2)Oc2ncc(C#CC(C)(C)O)cc2C1=O. The summed E-state index contributed by atoms with van der Waals surface area (Å²) < 4.78 is 6.31. The molecule has 0 unspecified atom stereocenters. The number of carbonyl (C=O) groups excluding carboxylic acids is 1. The first kappa shape index (κ1) is 25.6. The van der Waals surface area contributed by atoms with Gasteiger partial charge in [0.25, 0.3) is 5.91 Å². The molecule has 2 aromatic heterocycles. The van der Waals surface area contributed by atoms with Crippen molar-refractivity contribution in [1.29, 1.82) is 0 Å². The molecule has 34 heavy (non-hydrogen) atoms. The molecule has 1 amide bonds. The molecule has 0 bridgehead atoms. The summed E-state index contributed by atoms with van der Waals surface area (Å²) >= 11 is 0. The van der Waals surface area contributed by atoms with Crippen LogP contribution in [0.5, 0.6) is 5.88 Å². The third kappa shape index (κ3) is 6.76. The maximum absolute atomic E-state index is 13.4. The Morgan fingerprint density at radius 2 is 2.12 bits per heavy atom. The van der Waals surface area contributed by atoms with Crippen LogP contribution in [0.4, 0.5) is 0 Å². The molecule has 1 aliphatic rings. The molecule has 0 spiro atoms. The van der Waals surface area contributed by atoms with Crippen LogP contribution in [0.1, 0.15) is 49.3 Å². The molecule has 0 aromatic carbocycles. The van der Waals surface area contributed by atoms with E-state index in [0.717, 1.165) is 5.69 Å². The van der Waals surface area contributed by atoms with Crippen LogP contribution in [0.25, 0.3) is 0 Å². The molecule has 0 radical (unpaired) electrons. The standard InChI is InChI=1S/C26H34N4O4/c1-18-14-30(19(2)17-31)25(32)22-12-20(9-10-26(3,4)33)13-28-24(22)34-23(18)16-29(5)15-21-8-6-7-11-27-21/h6-8,11-13,18-19,23,31,33H,14-17H2,1-5H3/t18-,19+,23-/m0/s1. The highest BCUT2D eigenvalue weighted by atomic mass is 16.5. The number of aromatic nitrogens is 2. The van der Waals surface area contributed by atoms with E-state index in [-0.39, 0.29) is 36.5 Å². The minimum atomic E-state index is -1.17. The van der Waals surface area contributed by atoms with Crippen molar-refractivity contribution in [3.05, 3.63) is 53.5 Å². The summed E-state index contributed by atoms with van der Waals surface area (Å²) in [6.07, 6.45) is 3.08. The smallest absolute Gasteiger partial charge is 0.259 e. The van der Waals surface area contributed by atoms with Gasteiger partial charge in [-0.25, -0.2) is 4.98 Å². The van der Waals surface area contributed by atoms with Crippen molar-refractivity contribution >= 4 is 5.91 Å². The van der Waals surface area contributed by atoms with Gasteiger partial charge in [-0.2, -0.15) is 0 Å². The summed E-state index contributed by atoms with van der Waals surface area (Å²) in [5.74, 6) is 5.60. The molecule has 0 aliphatic carbocycles. The maximum Gasteiger partial charge on any atom is 0.259 e. The van der Waals surface area contributed by atoms with Gasteiger partial charge in [0.05, 0.1) is 18.3 Å². The van der Waals surface area contributed by atoms with Gasteiger partial charge in [-0.1, -0.05) is 24.8 Å². The Hall–Kier alpha value is -2.99. The minimum absolute atomic E-state index is 0.00580. The lowest BCUT2D eigenvalue weighted by Crippen LogP contribution is -2.49. The van der Waals surface area contributed by atoms with E-state index in [1.54, 1.807) is 37.2 Å². The molecular formula is C26H34N4O4. The molecule has 2 aromatic rings. The Labute approximate surface area is 201 Å². The lowest BCUT2D eigenvalue weighted by molar-refractivity contribution is 0.0324. The normalized spacial score (nSPS) is 19.4. The van der Waals surface area contributed by atoms with Crippen LogP contribution >= 0.6 is 0 Å². The van der Waals surface area contributed by atoms with Gasteiger partial charge in [-0.05, 0) is 46.0 Å². The monoisotopic (exact) mass is 466 g/mol. The summed E-state index contributed by atoms with van der Waals surface area (Å²) in [6, 6.07) is 7.11. The molecule has 0 saturated carbocycles. The van der Waals surface area contributed by atoms with E-state index in [2.05, 4.69) is 26.7 Å². The van der Waals surface area contributed by atoms with Gasteiger partial charge in [0.2, 0.25) is 5.88 Å². The summed E-state index contributed by atoms with van der Waals surface area (Å²) in [5, 5.41) is 19.7. The number of hydrogen-bond acceptors (Lipinski definition) is 7. The molecule has 2 N–H and O–H groups in total. The van der Waals surface area contributed by atoms with Gasteiger partial charge in [-0.3, -0.25) is 14.7 Å². The van der Waals surface area contributed by atoms with Gasteiger partial charge in [0.15, 0.2) is 0 Å². The maximum atomic E-state index is 13.4. The number of nitrogens with zero attached hydrogens (tertiary/aromatic N) is 4. The summed E-state index contributed by atoms with van der Waals surface area (Å²) in [6.45, 7) is 8.59. The fourth-order valence-electron chi connectivity index (χ4n) is 3.75. The van der Waals surface area contributed by atoms with E-state index in [0.29, 0.717) is 30.8 Å². The molecule has 1 aliphatic heterocycles. The van der Waals surface area contributed by atoms with Gasteiger partial charge in [0.1, 0.15) is 17.3 Å². The average molecular weight is 467 g/mol. The second-order valence-electron chi connectivity index (χ2n) is 9.53. The fourth-order valence-corrected chi connectivity index (χ4v) is 3.75. The molecular weight excluding hydrogens is 432 g/mol. The van der Waals surface area contributed by atoms with E-state index in [9.17, 15) is 15.0 Å². The summed E-state index contributed by atoms with van der Waals surface area (Å²) in [4.78, 5) is 26.1. The lowest BCUT2D eigenvalue weighted by atomic mass is 9.99. The second-order valence-corrected chi connectivity index (χ2v) is 9.53. The number of likely N-dealkylation sites (N-methyl/N-ethyl adjacent to an activating group) is 1. The molecule has 8 heteroatoms. The number of hydrogen-bond donors (Lipinski definition) is 2. The zero-order valence-electron chi connectivity index (χ0n) is 20.5. The second kappa shape index (κ2) is 11.0. The molecule has 3 rings (SSSR count). The van der Waals surface area contributed by atoms with Crippen LogP contribution in [-0.4, -0.2) is 80.4 Å². The lowest BCUT2D eigenvalue weighted by Gasteiger charge is -2.37. The highest BCUT2D eigenvalue weighted by Crippen LogP contribution is 2.27. The predicted octanol–water partition coefficient (Wildman–Crippen LogP) is 1.95. The topological polar surface area (TPSA) is 99.0 Å². The van der Waals surface area contributed by atoms with Crippen molar-refractivity contribution in [2.45, 2.75) is 52.0 Å². The number of carbonyl (C=O) groups is 1. The number of aliphatic hydroxyl groups excluding tert-OH is 1. The number of amides is 1. The van der Waals surface area contributed by atoms with Gasteiger partial charge < -0.3 is 19.8 Å². The van der Waals surface area contributed by atoms with E-state index in [1.807, 2.05) is 39.1 Å². The number of ether oxygens (including phenoxy) is 1. The molecule has 3 atom stereocenters. The summed E-state index contributed by atoms with van der Waals surface area (Å²) in [5.41, 5.74) is 0.600. The number of rotatable bonds is 6. The number of pyridine rings is 2. The van der Waals surface area contributed by atoms with Gasteiger partial charge in [0, 0.05) is 43.5 Å². The van der Waals surface area contributed by atoms with Crippen molar-refractivity contribution in [3.8, 4) is 17.7 Å². The molecule has 182 valence electrons. The molecule has 0 fully saturated rings. The minimum Gasteiger partial charge on any atom is -0.472 e. The van der Waals surface area contributed by atoms with Crippen LogP contribution in [0.15, 0.2) is 36.7 Å². The van der Waals surface area contributed by atoms with Crippen LogP contribution < -0.4 is 4.74 Å². The van der Waals surface area contributed by atoms with Crippen molar-refractivity contribution in [3.63, 3.8) is 0 Å². The first-order chi connectivity index (χ1) is 16.1. The van der Waals surface area contributed by atoms with E-state index in [4.69, 9.17) is 4.74 Å². The van der Waals surface area contributed by atoms with Crippen LogP contribution in [-0.2, 0) is 6.54 Å². The summed E-state index contributed by atoms with van der Waals surface area (Å²) in [7, 11) is 2.01. The Morgan fingerprint density at radius 1 is 1.35 bits per heavy atom. The first-order valence-corrected chi connectivity index (χ1v) is 11.5. The predicted molar refractivity (Wildman–Crippen MR) is 129 cm³/mol. The van der Waals surface area contributed by atoms with Gasteiger partial charge in [-0.15, -0.1) is 0 Å². The molecule has 3 heterocycles. The zero-order valence-corrected chi connectivity index (χ0v) is 20.5. The van der Waals surface area contributed by atoms with E-state index < -0.39 is 5.60 Å².